The van der Waals surface area contributed by atoms with Gasteiger partial charge in [-0.25, -0.2) is 4.79 Å². The summed E-state index contributed by atoms with van der Waals surface area (Å²) in [7, 11) is 0. The first-order valence-electron chi connectivity index (χ1n) is 10.3. The van der Waals surface area contributed by atoms with Crippen LogP contribution in [-0.4, -0.2) is 34.9 Å². The second kappa shape index (κ2) is 9.02. The molecular weight excluding hydrogens is 430 g/mol. The summed E-state index contributed by atoms with van der Waals surface area (Å²) in [6.07, 6.45) is -0.754. The molecule has 166 valence electrons. The number of amides is 3. The molecule has 9 heteroatoms. The molecule has 0 bridgehead atoms. The third-order valence-electron chi connectivity index (χ3n) is 5.40. The van der Waals surface area contributed by atoms with Crippen molar-refractivity contribution in [1.82, 2.24) is 15.6 Å². The summed E-state index contributed by atoms with van der Waals surface area (Å²) >= 11 is 6.10. The van der Waals surface area contributed by atoms with Gasteiger partial charge in [0, 0.05) is 35.6 Å². The van der Waals surface area contributed by atoms with E-state index in [1.165, 1.54) is 0 Å². The minimum Gasteiger partial charge on any atom is -0.356 e. The minimum atomic E-state index is -1.07. The first-order valence-corrected chi connectivity index (χ1v) is 10.6. The lowest BCUT2D eigenvalue weighted by Crippen LogP contribution is -2.54. The number of carbonyl (C=O) groups excluding carboxylic acids is 2. The van der Waals surface area contributed by atoms with E-state index in [9.17, 15) is 14.7 Å². The highest BCUT2D eigenvalue weighted by molar-refractivity contribution is 6.31. The van der Waals surface area contributed by atoms with Gasteiger partial charge in [-0.2, -0.15) is 0 Å². The summed E-state index contributed by atoms with van der Waals surface area (Å²) in [5, 5.41) is 19.8. The number of nitrogens with zero attached hydrogens (tertiary/aromatic N) is 2. The molecule has 0 radical (unpaired) electrons. The number of halogens is 1. The van der Waals surface area contributed by atoms with Gasteiger partial charge in [0.1, 0.15) is 0 Å². The monoisotopic (exact) mass is 453 g/mol. The SMILES string of the molecule is Cc1ccc(NC(=O)NCc2ccc3cc(N4CCC(=O)NC4O)c(C)nc3c2)cc1Cl. The van der Waals surface area contributed by atoms with Gasteiger partial charge >= 0.3 is 6.03 Å². The zero-order valence-electron chi connectivity index (χ0n) is 17.8. The van der Waals surface area contributed by atoms with E-state index in [4.69, 9.17) is 11.6 Å². The molecule has 2 heterocycles. The van der Waals surface area contributed by atoms with Crippen LogP contribution >= 0.6 is 11.6 Å². The van der Waals surface area contributed by atoms with E-state index in [0.29, 0.717) is 30.2 Å². The highest BCUT2D eigenvalue weighted by atomic mass is 35.5. The first-order chi connectivity index (χ1) is 15.3. The van der Waals surface area contributed by atoms with Crippen molar-refractivity contribution in [3.8, 4) is 0 Å². The molecule has 3 aromatic rings. The van der Waals surface area contributed by atoms with Gasteiger partial charge in [-0.1, -0.05) is 29.8 Å². The molecule has 1 atom stereocenters. The van der Waals surface area contributed by atoms with Crippen molar-refractivity contribution in [2.75, 3.05) is 16.8 Å². The Balaban J connectivity index is 1.44. The Morgan fingerprint density at radius 3 is 2.81 bits per heavy atom. The summed E-state index contributed by atoms with van der Waals surface area (Å²) in [5.74, 6) is -0.174. The van der Waals surface area contributed by atoms with Gasteiger partial charge in [0.2, 0.25) is 12.3 Å². The van der Waals surface area contributed by atoms with Gasteiger partial charge in [-0.15, -0.1) is 0 Å². The van der Waals surface area contributed by atoms with E-state index in [2.05, 4.69) is 20.9 Å². The standard InChI is InChI=1S/C23H24ClN5O3/c1-13-3-6-17(11-18(13)24)27-22(31)25-12-15-4-5-16-10-20(14(2)26-19(16)9-15)29-8-7-21(30)28-23(29)32/h3-6,9-11,23,32H,7-8,12H2,1-2H3,(H,28,30)(H2,25,27,31). The molecule has 0 spiro atoms. The van der Waals surface area contributed by atoms with Crippen molar-refractivity contribution in [2.45, 2.75) is 33.2 Å². The van der Waals surface area contributed by atoms with E-state index < -0.39 is 6.35 Å². The number of hydrogen-bond donors (Lipinski definition) is 4. The van der Waals surface area contributed by atoms with Crippen LogP contribution in [-0.2, 0) is 11.3 Å². The normalized spacial score (nSPS) is 16.1. The maximum absolute atomic E-state index is 12.2. The zero-order chi connectivity index (χ0) is 22.8. The molecule has 32 heavy (non-hydrogen) atoms. The molecular formula is C23H24ClN5O3. The molecule has 1 unspecified atom stereocenters. The number of fused-ring (bicyclic) bond motifs is 1. The van der Waals surface area contributed by atoms with Crippen LogP contribution in [0, 0.1) is 13.8 Å². The molecule has 1 aromatic heterocycles. The largest absolute Gasteiger partial charge is 0.356 e. The molecule has 4 rings (SSSR count). The van der Waals surface area contributed by atoms with E-state index in [-0.39, 0.29) is 11.9 Å². The number of carbonyl (C=O) groups is 2. The van der Waals surface area contributed by atoms with E-state index in [1.807, 2.05) is 44.2 Å². The number of nitrogens with one attached hydrogen (secondary N) is 3. The number of benzene rings is 2. The number of aryl methyl sites for hydroxylation is 2. The molecule has 1 fully saturated rings. The topological polar surface area (TPSA) is 107 Å². The van der Waals surface area contributed by atoms with Crippen LogP contribution in [0.15, 0.2) is 42.5 Å². The molecule has 1 aliphatic rings. The second-order valence-electron chi connectivity index (χ2n) is 7.78. The number of aromatic nitrogens is 1. The number of rotatable bonds is 4. The van der Waals surface area contributed by atoms with E-state index >= 15 is 0 Å². The molecule has 2 aromatic carbocycles. The lowest BCUT2D eigenvalue weighted by atomic mass is 10.1. The number of pyridine rings is 1. The zero-order valence-corrected chi connectivity index (χ0v) is 18.5. The summed E-state index contributed by atoms with van der Waals surface area (Å²) in [6, 6.07) is 12.7. The van der Waals surface area contributed by atoms with E-state index in [1.54, 1.807) is 17.0 Å². The second-order valence-corrected chi connectivity index (χ2v) is 8.18. The smallest absolute Gasteiger partial charge is 0.319 e. The molecule has 0 saturated carbocycles. The quantitative estimate of drug-likeness (QED) is 0.484. The molecule has 1 saturated heterocycles. The molecule has 8 nitrogen and oxygen atoms in total. The number of aliphatic hydroxyl groups is 1. The van der Waals surface area contributed by atoms with Crippen molar-refractivity contribution in [3.05, 3.63) is 64.3 Å². The molecule has 1 aliphatic heterocycles. The van der Waals surface area contributed by atoms with Crippen LogP contribution < -0.4 is 20.9 Å². The lowest BCUT2D eigenvalue weighted by molar-refractivity contribution is -0.125. The van der Waals surface area contributed by atoms with Crippen molar-refractivity contribution in [2.24, 2.45) is 0 Å². The molecule has 3 amide bonds. The van der Waals surface area contributed by atoms with Crippen LogP contribution in [0.25, 0.3) is 10.9 Å². The number of anilines is 2. The third-order valence-corrected chi connectivity index (χ3v) is 5.81. The van der Waals surface area contributed by atoms with Crippen LogP contribution in [0.5, 0.6) is 0 Å². The Labute approximate surface area is 190 Å². The number of urea groups is 1. The summed E-state index contributed by atoms with van der Waals surface area (Å²) < 4.78 is 0. The highest BCUT2D eigenvalue weighted by Crippen LogP contribution is 2.27. The van der Waals surface area contributed by atoms with Crippen LogP contribution in [0.4, 0.5) is 16.2 Å². The molecule has 0 aliphatic carbocycles. The Bertz CT molecular complexity index is 1200. The Kier molecular flexibility index (Phi) is 6.16. The fraction of sp³-hybridized carbons (Fsp3) is 0.261. The summed E-state index contributed by atoms with van der Waals surface area (Å²) in [5.41, 5.74) is 4.77. The van der Waals surface area contributed by atoms with Crippen molar-refractivity contribution >= 4 is 45.8 Å². The summed E-state index contributed by atoms with van der Waals surface area (Å²) in [4.78, 5) is 30.1. The van der Waals surface area contributed by atoms with Crippen LogP contribution in [0.1, 0.15) is 23.2 Å². The average molecular weight is 454 g/mol. The predicted molar refractivity (Wildman–Crippen MR) is 125 cm³/mol. The third kappa shape index (κ3) is 4.76. The predicted octanol–water partition coefficient (Wildman–Crippen LogP) is 3.43. The van der Waals surface area contributed by atoms with Crippen molar-refractivity contribution in [3.63, 3.8) is 0 Å². The fourth-order valence-electron chi connectivity index (χ4n) is 3.62. The van der Waals surface area contributed by atoms with Gasteiger partial charge in [-0.3, -0.25) is 9.78 Å². The van der Waals surface area contributed by atoms with Crippen LogP contribution in [0.2, 0.25) is 5.02 Å². The highest BCUT2D eigenvalue weighted by Gasteiger charge is 2.26. The Hall–Kier alpha value is -3.36. The van der Waals surface area contributed by atoms with E-state index in [0.717, 1.165) is 33.4 Å². The van der Waals surface area contributed by atoms with Crippen molar-refractivity contribution in [1.29, 1.82) is 0 Å². The van der Waals surface area contributed by atoms with Gasteiger partial charge in [-0.05, 0) is 49.2 Å². The van der Waals surface area contributed by atoms with Gasteiger partial charge < -0.3 is 26.0 Å². The number of hydrogen-bond acceptors (Lipinski definition) is 5. The molecule has 4 N–H and O–H groups in total. The van der Waals surface area contributed by atoms with Gasteiger partial charge in [0.25, 0.3) is 0 Å². The van der Waals surface area contributed by atoms with Gasteiger partial charge in [0.15, 0.2) is 0 Å². The Morgan fingerprint density at radius 2 is 2.06 bits per heavy atom. The average Bonchev–Trinajstić information content (AvgIpc) is 2.75. The maximum Gasteiger partial charge on any atom is 0.319 e. The Morgan fingerprint density at radius 1 is 1.25 bits per heavy atom. The van der Waals surface area contributed by atoms with Crippen molar-refractivity contribution < 1.29 is 14.7 Å². The number of aliphatic hydroxyl groups excluding tert-OH is 1. The maximum atomic E-state index is 12.2. The fourth-order valence-corrected chi connectivity index (χ4v) is 3.80. The van der Waals surface area contributed by atoms with Gasteiger partial charge in [0.05, 0.1) is 16.9 Å². The minimum absolute atomic E-state index is 0.174. The summed E-state index contributed by atoms with van der Waals surface area (Å²) in [6.45, 7) is 4.52. The first kappa shape index (κ1) is 21.9. The van der Waals surface area contributed by atoms with Crippen LogP contribution in [0.3, 0.4) is 0 Å². The lowest BCUT2D eigenvalue weighted by Gasteiger charge is -2.34.